The minimum atomic E-state index is -0.443. The smallest absolute Gasteiger partial charge is 0.410 e. The summed E-state index contributed by atoms with van der Waals surface area (Å²) in [5, 5.41) is 6.51. The summed E-state index contributed by atoms with van der Waals surface area (Å²) in [6.45, 7) is 7.98. The number of amides is 2. The molecule has 0 aliphatic carbocycles. The lowest BCUT2D eigenvalue weighted by Crippen LogP contribution is -2.41. The Kier molecular flexibility index (Phi) is 5.67. The second-order valence-electron chi connectivity index (χ2n) is 7.31. The number of carbonyl (C=O) groups excluding carboxylic acids is 2. The van der Waals surface area contributed by atoms with E-state index in [9.17, 15) is 9.59 Å². The average Bonchev–Trinajstić information content (AvgIpc) is 2.69. The fourth-order valence-corrected chi connectivity index (χ4v) is 2.95. The summed E-state index contributed by atoms with van der Waals surface area (Å²) in [4.78, 5) is 25.1. The van der Waals surface area contributed by atoms with Crippen molar-refractivity contribution in [1.82, 2.24) is 15.5 Å². The van der Waals surface area contributed by atoms with Crippen molar-refractivity contribution >= 4 is 12.0 Å². The van der Waals surface area contributed by atoms with Crippen molar-refractivity contribution in [3.63, 3.8) is 0 Å². The summed E-state index contributed by atoms with van der Waals surface area (Å²) < 4.78 is 5.44. The van der Waals surface area contributed by atoms with E-state index in [1.807, 2.05) is 25.7 Å². The quantitative estimate of drug-likeness (QED) is 0.831. The van der Waals surface area contributed by atoms with Gasteiger partial charge >= 0.3 is 6.09 Å². The third kappa shape index (κ3) is 5.48. The molecule has 2 amide bonds. The third-order valence-corrected chi connectivity index (χ3v) is 4.12. The molecule has 0 saturated carbocycles. The van der Waals surface area contributed by atoms with Crippen LogP contribution in [0, 0.1) is 0 Å². The van der Waals surface area contributed by atoms with E-state index in [1.54, 1.807) is 0 Å². The molecule has 0 bridgehead atoms. The summed E-state index contributed by atoms with van der Waals surface area (Å²) in [6, 6.07) is 0.669. The number of hydrogen-bond acceptors (Lipinski definition) is 4. The Morgan fingerprint density at radius 3 is 2.73 bits per heavy atom. The lowest BCUT2D eigenvalue weighted by Gasteiger charge is -2.26. The molecule has 2 unspecified atom stereocenters. The van der Waals surface area contributed by atoms with Crippen LogP contribution < -0.4 is 10.6 Å². The molecule has 0 radical (unpaired) electrons. The van der Waals surface area contributed by atoms with Gasteiger partial charge in [-0.3, -0.25) is 4.79 Å². The van der Waals surface area contributed by atoms with E-state index in [4.69, 9.17) is 4.74 Å². The van der Waals surface area contributed by atoms with Crippen LogP contribution in [-0.4, -0.2) is 54.2 Å². The maximum absolute atomic E-state index is 12.1. The van der Waals surface area contributed by atoms with Crippen molar-refractivity contribution < 1.29 is 14.3 Å². The summed E-state index contributed by atoms with van der Waals surface area (Å²) >= 11 is 0. The number of carbonyl (C=O) groups is 2. The van der Waals surface area contributed by atoms with Gasteiger partial charge in [0.2, 0.25) is 5.91 Å². The normalized spacial score (nSPS) is 26.5. The third-order valence-electron chi connectivity index (χ3n) is 4.12. The molecule has 22 heavy (non-hydrogen) atoms. The molecule has 2 atom stereocenters. The maximum Gasteiger partial charge on any atom is 0.410 e. The number of hydrogen-bond donors (Lipinski definition) is 2. The van der Waals surface area contributed by atoms with Crippen LogP contribution in [0.4, 0.5) is 4.79 Å². The topological polar surface area (TPSA) is 70.7 Å². The molecular weight excluding hydrogens is 282 g/mol. The first-order chi connectivity index (χ1) is 10.3. The summed E-state index contributed by atoms with van der Waals surface area (Å²) in [5.41, 5.74) is -0.443. The first-order valence-corrected chi connectivity index (χ1v) is 8.34. The first-order valence-electron chi connectivity index (χ1n) is 8.34. The maximum atomic E-state index is 12.1. The van der Waals surface area contributed by atoms with Gasteiger partial charge in [0.05, 0.1) is 0 Å². The second kappa shape index (κ2) is 7.31. The van der Waals surface area contributed by atoms with Crippen LogP contribution in [0.15, 0.2) is 0 Å². The van der Waals surface area contributed by atoms with Gasteiger partial charge < -0.3 is 20.3 Å². The van der Waals surface area contributed by atoms with Crippen molar-refractivity contribution in [3.05, 3.63) is 0 Å². The Bertz CT molecular complexity index is 406. The van der Waals surface area contributed by atoms with E-state index in [-0.39, 0.29) is 18.0 Å². The zero-order chi connectivity index (χ0) is 16.2. The van der Waals surface area contributed by atoms with E-state index in [0.717, 1.165) is 45.3 Å². The highest BCUT2D eigenvalue weighted by Gasteiger charge is 2.26. The molecular formula is C16H29N3O3. The van der Waals surface area contributed by atoms with Crippen molar-refractivity contribution in [2.45, 2.75) is 70.6 Å². The molecule has 0 spiro atoms. The van der Waals surface area contributed by atoms with E-state index >= 15 is 0 Å². The first kappa shape index (κ1) is 17.1. The van der Waals surface area contributed by atoms with Crippen molar-refractivity contribution in [2.75, 3.05) is 19.6 Å². The molecule has 6 nitrogen and oxygen atoms in total. The monoisotopic (exact) mass is 311 g/mol. The molecule has 0 aromatic rings. The predicted molar refractivity (Wildman–Crippen MR) is 84.6 cm³/mol. The molecule has 2 heterocycles. The highest BCUT2D eigenvalue weighted by Crippen LogP contribution is 2.16. The van der Waals surface area contributed by atoms with Gasteiger partial charge in [0.25, 0.3) is 0 Å². The van der Waals surface area contributed by atoms with Crippen LogP contribution in [0.2, 0.25) is 0 Å². The lowest BCUT2D eigenvalue weighted by molar-refractivity contribution is -0.119. The standard InChI is InChI=1S/C16H29N3O3/c1-16(2,3)22-15(21)19-9-4-5-12(8-10-19)17-11-13-6-7-14(20)18-13/h12-13,17H,4-11H2,1-3H3,(H,18,20). The largest absolute Gasteiger partial charge is 0.444 e. The van der Waals surface area contributed by atoms with E-state index < -0.39 is 5.60 Å². The van der Waals surface area contributed by atoms with Crippen LogP contribution in [-0.2, 0) is 9.53 Å². The fraction of sp³-hybridized carbons (Fsp3) is 0.875. The molecule has 2 aliphatic rings. The van der Waals surface area contributed by atoms with Crippen molar-refractivity contribution in [1.29, 1.82) is 0 Å². The molecule has 6 heteroatoms. The SMILES string of the molecule is CC(C)(C)OC(=O)N1CCCC(NCC2CCC(=O)N2)CC1. The Balaban J connectivity index is 1.72. The van der Waals surface area contributed by atoms with Crippen LogP contribution >= 0.6 is 0 Å². The van der Waals surface area contributed by atoms with Gasteiger partial charge in [0.1, 0.15) is 5.60 Å². The number of likely N-dealkylation sites (tertiary alicyclic amines) is 1. The highest BCUT2D eigenvalue weighted by molar-refractivity contribution is 5.78. The molecule has 2 fully saturated rings. The van der Waals surface area contributed by atoms with E-state index in [1.165, 1.54) is 0 Å². The minimum Gasteiger partial charge on any atom is -0.444 e. The van der Waals surface area contributed by atoms with Crippen LogP contribution in [0.5, 0.6) is 0 Å². The average molecular weight is 311 g/mol. The van der Waals surface area contributed by atoms with Gasteiger partial charge in [-0.25, -0.2) is 4.79 Å². The van der Waals surface area contributed by atoms with Crippen LogP contribution in [0.3, 0.4) is 0 Å². The molecule has 2 N–H and O–H groups in total. The van der Waals surface area contributed by atoms with Gasteiger partial charge in [-0.15, -0.1) is 0 Å². The fourth-order valence-electron chi connectivity index (χ4n) is 2.95. The summed E-state index contributed by atoms with van der Waals surface area (Å²) in [5.74, 6) is 0.156. The van der Waals surface area contributed by atoms with Crippen molar-refractivity contribution in [2.24, 2.45) is 0 Å². The van der Waals surface area contributed by atoms with Gasteiger partial charge in [0, 0.05) is 38.1 Å². The molecule has 126 valence electrons. The number of nitrogens with zero attached hydrogens (tertiary/aromatic N) is 1. The predicted octanol–water partition coefficient (Wildman–Crippen LogP) is 1.64. The van der Waals surface area contributed by atoms with Gasteiger partial charge in [0.15, 0.2) is 0 Å². The molecule has 2 aliphatic heterocycles. The van der Waals surface area contributed by atoms with Gasteiger partial charge in [-0.05, 0) is 46.5 Å². The second-order valence-corrected chi connectivity index (χ2v) is 7.31. The Hall–Kier alpha value is -1.30. The molecule has 2 rings (SSSR count). The van der Waals surface area contributed by atoms with Crippen LogP contribution in [0.25, 0.3) is 0 Å². The zero-order valence-electron chi connectivity index (χ0n) is 14.0. The minimum absolute atomic E-state index is 0.156. The lowest BCUT2D eigenvalue weighted by atomic mass is 10.1. The Labute approximate surface area is 132 Å². The van der Waals surface area contributed by atoms with Gasteiger partial charge in [-0.2, -0.15) is 0 Å². The number of ether oxygens (including phenoxy) is 1. The number of nitrogens with one attached hydrogen (secondary N) is 2. The van der Waals surface area contributed by atoms with E-state index in [0.29, 0.717) is 12.5 Å². The Morgan fingerprint density at radius 1 is 1.32 bits per heavy atom. The van der Waals surface area contributed by atoms with Crippen LogP contribution in [0.1, 0.15) is 52.9 Å². The Morgan fingerprint density at radius 2 is 2.09 bits per heavy atom. The van der Waals surface area contributed by atoms with E-state index in [2.05, 4.69) is 10.6 Å². The summed E-state index contributed by atoms with van der Waals surface area (Å²) in [6.07, 6.45) is 4.32. The molecule has 0 aromatic heterocycles. The van der Waals surface area contributed by atoms with Gasteiger partial charge in [-0.1, -0.05) is 0 Å². The number of rotatable bonds is 3. The molecule has 0 aromatic carbocycles. The summed E-state index contributed by atoms with van der Waals surface area (Å²) in [7, 11) is 0. The molecule has 2 saturated heterocycles. The highest BCUT2D eigenvalue weighted by atomic mass is 16.6. The van der Waals surface area contributed by atoms with Crippen molar-refractivity contribution in [3.8, 4) is 0 Å². The zero-order valence-corrected chi connectivity index (χ0v) is 14.0.